The summed E-state index contributed by atoms with van der Waals surface area (Å²) in [6.07, 6.45) is 4.20. The van der Waals surface area contributed by atoms with Gasteiger partial charge in [-0.3, -0.25) is 4.55 Å². The lowest BCUT2D eigenvalue weighted by Crippen LogP contribution is -2.74. The van der Waals surface area contributed by atoms with E-state index >= 15 is 0 Å². The lowest BCUT2D eigenvalue weighted by Gasteiger charge is -2.40. The molecule has 0 amide bonds. The molecule has 0 saturated heterocycles. The average Bonchev–Trinajstić information content (AvgIpc) is 3.37. The van der Waals surface area contributed by atoms with Crippen LogP contribution in [0.15, 0.2) is 31.1 Å². The maximum atomic E-state index is 11.4. The van der Waals surface area contributed by atoms with Crippen LogP contribution in [0.4, 0.5) is 0 Å². The number of hydrogen-bond acceptors (Lipinski definition) is 12. The quantitative estimate of drug-likeness (QED) is 0.292. The molecule has 1 fully saturated rings. The Morgan fingerprint density at radius 3 is 1.79 bits per heavy atom. The molecule has 0 spiro atoms. The van der Waals surface area contributed by atoms with E-state index < -0.39 is 39.1 Å². The highest BCUT2D eigenvalue weighted by Gasteiger charge is 2.51. The maximum Gasteiger partial charge on any atom is 0.276 e. The van der Waals surface area contributed by atoms with Crippen molar-refractivity contribution in [3.8, 4) is 0 Å². The van der Waals surface area contributed by atoms with Crippen LogP contribution in [0.5, 0.6) is 0 Å². The van der Waals surface area contributed by atoms with Gasteiger partial charge in [-0.25, -0.2) is 0 Å². The topological polar surface area (TPSA) is 242 Å². The summed E-state index contributed by atoms with van der Waals surface area (Å²) in [4.78, 5) is 21.8. The molecule has 3 aliphatic rings. The summed E-state index contributed by atoms with van der Waals surface area (Å²) in [6, 6.07) is 0. The zero-order valence-electron chi connectivity index (χ0n) is 14.6. The Labute approximate surface area is 159 Å². The van der Waals surface area contributed by atoms with Gasteiger partial charge in [0.25, 0.3) is 10.1 Å². The van der Waals surface area contributed by atoms with Crippen molar-refractivity contribution in [2.75, 3.05) is 0 Å². The van der Waals surface area contributed by atoms with Crippen molar-refractivity contribution >= 4 is 34.7 Å². The minimum atomic E-state index is -5.10. The Morgan fingerprint density at radius 1 is 1.04 bits per heavy atom. The molecular formula is C12H20N8O7S. The van der Waals surface area contributed by atoms with Crippen LogP contribution in [0.1, 0.15) is 38.5 Å². The van der Waals surface area contributed by atoms with Crippen molar-refractivity contribution in [1.82, 2.24) is 0 Å². The summed E-state index contributed by atoms with van der Waals surface area (Å²) < 4.78 is 29.1. The molecule has 0 aromatic carbocycles. The van der Waals surface area contributed by atoms with Gasteiger partial charge in [-0.05, 0) is 18.8 Å². The molecular weight excluding hydrogens is 400 g/mol. The lowest BCUT2D eigenvalue weighted by atomic mass is 9.78. The van der Waals surface area contributed by atoms with E-state index in [0.29, 0.717) is 12.8 Å². The highest BCUT2D eigenvalue weighted by molar-refractivity contribution is 7.88. The lowest BCUT2D eigenvalue weighted by molar-refractivity contribution is -0.538. The molecule has 0 aromatic heterocycles. The predicted molar refractivity (Wildman–Crippen MR) is 86.0 cm³/mol. The number of nitrogens with zero attached hydrogens (tertiary/aromatic N) is 6. The van der Waals surface area contributed by atoms with Crippen molar-refractivity contribution in [1.29, 1.82) is 0 Å². The van der Waals surface area contributed by atoms with Crippen LogP contribution in [-0.2, 0) is 19.7 Å². The molecule has 2 heterocycles. The molecule has 28 heavy (non-hydrogen) atoms. The Balaban J connectivity index is 0.000000313. The van der Waals surface area contributed by atoms with Crippen molar-refractivity contribution in [3.63, 3.8) is 0 Å². The first-order chi connectivity index (χ1) is 13.2. The first kappa shape index (κ1) is 23.3. The molecule has 5 N–H and O–H groups in total. The van der Waals surface area contributed by atoms with Crippen LogP contribution >= 0.6 is 0 Å². The van der Waals surface area contributed by atoms with E-state index in [9.17, 15) is 28.2 Å². The molecule has 2 aliphatic heterocycles. The Bertz CT molecular complexity index is 718. The van der Waals surface area contributed by atoms with E-state index in [4.69, 9.17) is 4.55 Å². The summed E-state index contributed by atoms with van der Waals surface area (Å²) in [6.45, 7) is 0. The molecule has 0 radical (unpaired) electrons. The van der Waals surface area contributed by atoms with Gasteiger partial charge >= 0.3 is 0 Å². The molecule has 1 saturated carbocycles. The SMILES string of the molecule is C1=NN=N[NH2+]1.C1=NN=N[NH2+]1.O=C([O-])CC(C(=O)[O-])(C1CCCCC1)S(=O)(=O)O. The van der Waals surface area contributed by atoms with E-state index in [1.54, 1.807) is 0 Å². The van der Waals surface area contributed by atoms with Gasteiger partial charge in [0.1, 0.15) is 4.75 Å². The normalized spacial score (nSPS) is 19.9. The van der Waals surface area contributed by atoms with Crippen LogP contribution < -0.4 is 21.1 Å². The van der Waals surface area contributed by atoms with Crippen molar-refractivity contribution in [3.05, 3.63) is 0 Å². The van der Waals surface area contributed by atoms with Crippen molar-refractivity contribution < 1.29 is 43.6 Å². The third-order valence-corrected chi connectivity index (χ3v) is 5.65. The second kappa shape index (κ2) is 11.2. The average molecular weight is 420 g/mol. The summed E-state index contributed by atoms with van der Waals surface area (Å²) in [5.74, 6) is -4.90. The Kier molecular flexibility index (Phi) is 9.36. The number of carbonyl (C=O) groups is 2. The number of quaternary nitrogens is 2. The Morgan fingerprint density at radius 2 is 1.54 bits per heavy atom. The van der Waals surface area contributed by atoms with Gasteiger partial charge in [-0.2, -0.15) is 19.3 Å². The number of carbonyl (C=O) groups excluding carboxylic acids is 2. The fourth-order valence-electron chi connectivity index (χ4n) is 2.87. The van der Waals surface area contributed by atoms with E-state index in [2.05, 4.69) is 31.1 Å². The fraction of sp³-hybridized carbons (Fsp3) is 0.667. The zero-order valence-corrected chi connectivity index (χ0v) is 15.4. The minimum absolute atomic E-state index is 0.223. The largest absolute Gasteiger partial charge is 0.550 e. The van der Waals surface area contributed by atoms with Crippen LogP contribution in [0.25, 0.3) is 0 Å². The summed E-state index contributed by atoms with van der Waals surface area (Å²) >= 11 is 0. The second-order valence-corrected chi connectivity index (χ2v) is 7.45. The highest BCUT2D eigenvalue weighted by Crippen LogP contribution is 2.39. The molecule has 16 heteroatoms. The van der Waals surface area contributed by atoms with Crippen LogP contribution in [0.2, 0.25) is 0 Å². The third-order valence-electron chi connectivity index (χ3n) is 4.08. The number of carboxylic acids is 2. The molecule has 156 valence electrons. The van der Waals surface area contributed by atoms with Gasteiger partial charge in [-0.1, -0.05) is 29.5 Å². The van der Waals surface area contributed by atoms with Gasteiger partial charge in [-0.15, -0.1) is 0 Å². The number of aliphatic carboxylic acids is 2. The molecule has 0 bridgehead atoms. The molecule has 3 rings (SSSR count). The van der Waals surface area contributed by atoms with E-state index in [-0.39, 0.29) is 12.8 Å². The summed E-state index contributed by atoms with van der Waals surface area (Å²) in [5.41, 5.74) is 3.06. The van der Waals surface area contributed by atoms with Crippen LogP contribution in [-0.4, -0.2) is 42.3 Å². The number of rotatable bonds is 5. The zero-order chi connectivity index (χ0) is 21.0. The van der Waals surface area contributed by atoms with E-state index in [1.165, 1.54) is 23.5 Å². The Hall–Kier alpha value is -2.69. The molecule has 0 aromatic rings. The second-order valence-electron chi connectivity index (χ2n) is 5.77. The molecule has 15 nitrogen and oxygen atoms in total. The summed E-state index contributed by atoms with van der Waals surface area (Å²) in [7, 11) is -5.10. The monoisotopic (exact) mass is 420 g/mol. The molecule has 1 aliphatic carbocycles. The van der Waals surface area contributed by atoms with Crippen molar-refractivity contribution in [2.45, 2.75) is 43.3 Å². The van der Waals surface area contributed by atoms with Gasteiger partial charge in [0.2, 0.25) is 12.7 Å². The standard InChI is InChI=1S/C10H16O7S.2CH2N4/c11-8(12)6-10(9(13)14,18(15,16)17)7-4-2-1-3-5-7;2*1-2-4-5-3-1/h7H,1-6H2,(H,11,12)(H,13,14)(H,15,16,17);2*1H,(H,2,3,4,5). The van der Waals surface area contributed by atoms with Gasteiger partial charge in [0.05, 0.1) is 16.4 Å². The minimum Gasteiger partial charge on any atom is -0.550 e. The molecule has 1 unspecified atom stereocenters. The van der Waals surface area contributed by atoms with Crippen molar-refractivity contribution in [2.24, 2.45) is 37.0 Å². The van der Waals surface area contributed by atoms with E-state index in [0.717, 1.165) is 6.42 Å². The smallest absolute Gasteiger partial charge is 0.276 e. The third kappa shape index (κ3) is 6.80. The first-order valence-electron chi connectivity index (χ1n) is 8.10. The first-order valence-corrected chi connectivity index (χ1v) is 9.54. The maximum absolute atomic E-state index is 11.4. The fourth-order valence-corrected chi connectivity index (χ4v) is 4.04. The number of hydrogen-bond donors (Lipinski definition) is 3. The molecule has 1 atom stereocenters. The number of carboxylic acid groups (broad SMARTS) is 2. The van der Waals surface area contributed by atoms with Gasteiger partial charge in [0, 0.05) is 22.8 Å². The van der Waals surface area contributed by atoms with Crippen LogP contribution in [0.3, 0.4) is 0 Å². The van der Waals surface area contributed by atoms with Gasteiger partial charge < -0.3 is 19.8 Å². The van der Waals surface area contributed by atoms with E-state index in [1.807, 2.05) is 0 Å². The number of nitrogens with two attached hydrogens (primary N) is 2. The predicted octanol–water partition coefficient (Wildman–Crippen LogP) is -4.17. The summed E-state index contributed by atoms with van der Waals surface area (Å²) in [5, 5.41) is 41.7. The van der Waals surface area contributed by atoms with Gasteiger partial charge in [0.15, 0.2) is 0 Å². The van der Waals surface area contributed by atoms with Crippen LogP contribution in [0, 0.1) is 5.92 Å². The highest BCUT2D eigenvalue weighted by atomic mass is 32.2.